The molecular weight excluding hydrogens is 436 g/mol. The minimum absolute atomic E-state index is 0. The SMILES string of the molecule is CSCC[C@H](NC(=O)c1ccc(O)cc1)C(=O)Cc1nc(-c2ccccc2)cs1.S. The van der Waals surface area contributed by atoms with E-state index in [9.17, 15) is 14.7 Å². The molecule has 5 nitrogen and oxygen atoms in total. The van der Waals surface area contributed by atoms with Crippen LogP contribution >= 0.6 is 36.6 Å². The summed E-state index contributed by atoms with van der Waals surface area (Å²) in [7, 11) is 0. The first-order valence-electron chi connectivity index (χ1n) is 9.18. The van der Waals surface area contributed by atoms with E-state index in [1.807, 2.05) is 42.0 Å². The van der Waals surface area contributed by atoms with Gasteiger partial charge in [0.15, 0.2) is 5.78 Å². The van der Waals surface area contributed by atoms with Gasteiger partial charge in [0.05, 0.1) is 18.2 Å². The highest BCUT2D eigenvalue weighted by Crippen LogP contribution is 2.22. The number of hydrogen-bond acceptors (Lipinski definition) is 6. The monoisotopic (exact) mass is 460 g/mol. The number of phenols is 1. The van der Waals surface area contributed by atoms with Gasteiger partial charge in [-0.25, -0.2) is 4.98 Å². The zero-order chi connectivity index (χ0) is 20.6. The molecule has 1 amide bonds. The van der Waals surface area contributed by atoms with Crippen LogP contribution < -0.4 is 5.32 Å². The number of carbonyl (C=O) groups excluding carboxylic acids is 2. The zero-order valence-corrected chi connectivity index (χ0v) is 19.1. The van der Waals surface area contributed by atoms with E-state index in [0.717, 1.165) is 22.0 Å². The quantitative estimate of drug-likeness (QED) is 0.498. The number of hydrogen-bond donors (Lipinski definition) is 2. The van der Waals surface area contributed by atoms with Crippen LogP contribution in [0.2, 0.25) is 0 Å². The van der Waals surface area contributed by atoms with Gasteiger partial charge in [0, 0.05) is 16.5 Å². The van der Waals surface area contributed by atoms with Gasteiger partial charge in [-0.1, -0.05) is 30.3 Å². The van der Waals surface area contributed by atoms with Crippen molar-refractivity contribution in [3.63, 3.8) is 0 Å². The third kappa shape index (κ3) is 6.62. The summed E-state index contributed by atoms with van der Waals surface area (Å²) in [6.45, 7) is 0. The Hall–Kier alpha value is -2.29. The van der Waals surface area contributed by atoms with Crippen LogP contribution in [0.1, 0.15) is 21.8 Å². The number of aromatic hydroxyl groups is 1. The van der Waals surface area contributed by atoms with Crippen LogP contribution in [0.5, 0.6) is 5.75 Å². The van der Waals surface area contributed by atoms with Crippen molar-refractivity contribution in [2.75, 3.05) is 12.0 Å². The van der Waals surface area contributed by atoms with E-state index in [1.165, 1.54) is 35.6 Å². The number of amides is 1. The number of Topliss-reactive ketones (excluding diaryl/α,β-unsaturated/α-hetero) is 1. The van der Waals surface area contributed by atoms with Gasteiger partial charge in [-0.15, -0.1) is 11.3 Å². The summed E-state index contributed by atoms with van der Waals surface area (Å²) in [6, 6.07) is 15.2. The number of benzene rings is 2. The summed E-state index contributed by atoms with van der Waals surface area (Å²) in [4.78, 5) is 30.0. The van der Waals surface area contributed by atoms with Gasteiger partial charge in [0.1, 0.15) is 10.8 Å². The molecule has 0 spiro atoms. The van der Waals surface area contributed by atoms with Crippen molar-refractivity contribution in [3.8, 4) is 17.0 Å². The normalized spacial score (nSPS) is 11.4. The lowest BCUT2D eigenvalue weighted by atomic mass is 10.1. The van der Waals surface area contributed by atoms with Crippen LogP contribution in [0.25, 0.3) is 11.3 Å². The number of phenolic OH excluding ortho intramolecular Hbond substituents is 1. The maximum absolute atomic E-state index is 12.9. The van der Waals surface area contributed by atoms with Gasteiger partial charge in [0.25, 0.3) is 5.91 Å². The first-order valence-corrected chi connectivity index (χ1v) is 11.5. The highest BCUT2D eigenvalue weighted by atomic mass is 32.2. The molecule has 3 aromatic rings. The van der Waals surface area contributed by atoms with E-state index < -0.39 is 6.04 Å². The van der Waals surface area contributed by atoms with E-state index in [4.69, 9.17) is 0 Å². The molecule has 0 saturated carbocycles. The molecule has 0 aliphatic heterocycles. The molecule has 0 aliphatic carbocycles. The Balaban J connectivity index is 0.00000320. The van der Waals surface area contributed by atoms with E-state index in [0.29, 0.717) is 12.0 Å². The maximum atomic E-state index is 12.9. The lowest BCUT2D eigenvalue weighted by Crippen LogP contribution is -2.42. The number of thiazole rings is 1. The number of carbonyl (C=O) groups is 2. The molecule has 158 valence electrons. The number of thioether (sulfide) groups is 1. The third-order valence-corrected chi connectivity index (χ3v) is 5.87. The van der Waals surface area contributed by atoms with Gasteiger partial charge in [-0.05, 0) is 42.7 Å². The summed E-state index contributed by atoms with van der Waals surface area (Å²) in [5.74, 6) is 0.475. The molecule has 0 bridgehead atoms. The van der Waals surface area contributed by atoms with Crippen molar-refractivity contribution in [2.45, 2.75) is 18.9 Å². The van der Waals surface area contributed by atoms with Gasteiger partial charge in [-0.3, -0.25) is 9.59 Å². The van der Waals surface area contributed by atoms with E-state index in [2.05, 4.69) is 10.3 Å². The van der Waals surface area contributed by atoms with Crippen molar-refractivity contribution in [1.82, 2.24) is 10.3 Å². The van der Waals surface area contributed by atoms with Crippen molar-refractivity contribution in [2.24, 2.45) is 0 Å². The van der Waals surface area contributed by atoms with Crippen LogP contribution in [0.3, 0.4) is 0 Å². The van der Waals surface area contributed by atoms with E-state index >= 15 is 0 Å². The Labute approximate surface area is 191 Å². The summed E-state index contributed by atoms with van der Waals surface area (Å²) in [5, 5.41) is 14.9. The number of rotatable bonds is 9. The topological polar surface area (TPSA) is 79.3 Å². The molecule has 1 aromatic heterocycles. The molecule has 2 aromatic carbocycles. The van der Waals surface area contributed by atoms with Crippen LogP contribution in [0, 0.1) is 0 Å². The second-order valence-electron chi connectivity index (χ2n) is 6.49. The Morgan fingerprint density at radius 3 is 2.50 bits per heavy atom. The first-order chi connectivity index (χ1) is 14.1. The first kappa shape index (κ1) is 24.0. The van der Waals surface area contributed by atoms with Crippen LogP contribution in [-0.2, 0) is 11.2 Å². The molecule has 30 heavy (non-hydrogen) atoms. The molecule has 0 radical (unpaired) electrons. The number of ketones is 1. The van der Waals surface area contributed by atoms with Gasteiger partial charge < -0.3 is 10.4 Å². The minimum atomic E-state index is -0.576. The summed E-state index contributed by atoms with van der Waals surface area (Å²) < 4.78 is 0. The van der Waals surface area contributed by atoms with E-state index in [1.54, 1.807) is 11.8 Å². The molecule has 2 N–H and O–H groups in total. The Morgan fingerprint density at radius 2 is 1.83 bits per heavy atom. The molecule has 1 atom stereocenters. The van der Waals surface area contributed by atoms with Crippen molar-refractivity contribution in [1.29, 1.82) is 0 Å². The Morgan fingerprint density at radius 1 is 1.13 bits per heavy atom. The lowest BCUT2D eigenvalue weighted by Gasteiger charge is -2.17. The maximum Gasteiger partial charge on any atom is 0.251 e. The van der Waals surface area contributed by atoms with Gasteiger partial charge >= 0.3 is 0 Å². The van der Waals surface area contributed by atoms with Crippen molar-refractivity contribution < 1.29 is 14.7 Å². The summed E-state index contributed by atoms with van der Waals surface area (Å²) in [5.41, 5.74) is 2.28. The highest BCUT2D eigenvalue weighted by Gasteiger charge is 2.22. The van der Waals surface area contributed by atoms with Crippen LogP contribution in [0.15, 0.2) is 60.0 Å². The largest absolute Gasteiger partial charge is 0.508 e. The fraction of sp³-hybridized carbons (Fsp3) is 0.227. The fourth-order valence-electron chi connectivity index (χ4n) is 2.81. The smallest absolute Gasteiger partial charge is 0.251 e. The minimum Gasteiger partial charge on any atom is -0.508 e. The summed E-state index contributed by atoms with van der Waals surface area (Å²) in [6.07, 6.45) is 2.71. The second-order valence-corrected chi connectivity index (χ2v) is 8.42. The van der Waals surface area contributed by atoms with Crippen molar-refractivity contribution >= 4 is 48.3 Å². The molecule has 3 rings (SSSR count). The molecule has 1 heterocycles. The Bertz CT molecular complexity index is 959. The molecule has 0 fully saturated rings. The number of aromatic nitrogens is 1. The average Bonchev–Trinajstić information content (AvgIpc) is 3.20. The number of nitrogens with zero attached hydrogens (tertiary/aromatic N) is 1. The lowest BCUT2D eigenvalue weighted by molar-refractivity contribution is -0.120. The van der Waals surface area contributed by atoms with Gasteiger partial charge in [-0.2, -0.15) is 25.3 Å². The third-order valence-electron chi connectivity index (χ3n) is 4.38. The molecule has 8 heteroatoms. The molecule has 0 unspecified atom stereocenters. The predicted octanol–water partition coefficient (Wildman–Crippen LogP) is 4.29. The molecular formula is C22H24N2O3S3. The fourth-order valence-corrected chi connectivity index (χ4v) is 4.09. The Kier molecular flexibility index (Phi) is 9.42. The number of nitrogens with one attached hydrogen (secondary N) is 1. The highest BCUT2D eigenvalue weighted by molar-refractivity contribution is 7.98. The van der Waals surface area contributed by atoms with Crippen molar-refractivity contribution in [3.05, 3.63) is 70.5 Å². The van der Waals surface area contributed by atoms with Gasteiger partial charge in [0.2, 0.25) is 0 Å². The zero-order valence-electron chi connectivity index (χ0n) is 16.5. The van der Waals surface area contributed by atoms with Crippen LogP contribution in [-0.4, -0.2) is 39.8 Å². The standard InChI is InChI=1S/C22H22N2O3S2.H2S/c1-28-12-11-18(24-22(27)16-7-9-17(25)10-8-16)20(26)13-21-23-19(14-29-21)15-5-3-2-4-6-15;/h2-10,14,18,25H,11-13H2,1H3,(H,24,27);1H2/t18-;/m0./s1. The average molecular weight is 461 g/mol. The van der Waals surface area contributed by atoms with Crippen LogP contribution in [0.4, 0.5) is 0 Å². The molecule has 0 saturated heterocycles. The second kappa shape index (κ2) is 11.8. The predicted molar refractivity (Wildman–Crippen MR) is 129 cm³/mol. The summed E-state index contributed by atoms with van der Waals surface area (Å²) >= 11 is 3.08. The molecule has 0 aliphatic rings. The van der Waals surface area contributed by atoms with E-state index in [-0.39, 0.29) is 37.4 Å².